The Labute approximate surface area is 117 Å². The van der Waals surface area contributed by atoms with Gasteiger partial charge in [0.25, 0.3) is 10.0 Å². The lowest BCUT2D eigenvalue weighted by atomic mass is 10.2. The van der Waals surface area contributed by atoms with Gasteiger partial charge in [-0.15, -0.1) is 0 Å². The summed E-state index contributed by atoms with van der Waals surface area (Å²) in [4.78, 5) is 0. The van der Waals surface area contributed by atoms with Crippen LogP contribution in [0.5, 0.6) is 11.5 Å². The van der Waals surface area contributed by atoms with Crippen molar-refractivity contribution in [3.63, 3.8) is 0 Å². The van der Waals surface area contributed by atoms with Gasteiger partial charge in [0.2, 0.25) is 0 Å². The van der Waals surface area contributed by atoms with E-state index >= 15 is 0 Å². The second kappa shape index (κ2) is 5.41. The maximum absolute atomic E-state index is 12.1. The third kappa shape index (κ3) is 2.69. The Balaban J connectivity index is 2.39. The van der Waals surface area contributed by atoms with Gasteiger partial charge in [0.1, 0.15) is 0 Å². The van der Waals surface area contributed by atoms with E-state index in [9.17, 15) is 8.42 Å². The maximum atomic E-state index is 12.1. The molecule has 0 amide bonds. The lowest BCUT2D eigenvalue weighted by Crippen LogP contribution is -2.14. The number of sulfonamides is 1. The first-order valence-electron chi connectivity index (χ1n) is 5.72. The van der Waals surface area contributed by atoms with Crippen LogP contribution in [0.25, 0.3) is 0 Å². The molecule has 2 N–H and O–H groups in total. The minimum Gasteiger partial charge on any atom is -0.493 e. The molecule has 0 saturated heterocycles. The number of ether oxygens (including phenoxy) is 2. The van der Waals surface area contributed by atoms with E-state index in [2.05, 4.69) is 14.9 Å². The Hall–Kier alpha value is -2.22. The third-order valence-electron chi connectivity index (χ3n) is 2.74. The summed E-state index contributed by atoms with van der Waals surface area (Å²) < 4.78 is 37.0. The molecule has 0 bridgehead atoms. The lowest BCUT2D eigenvalue weighted by molar-refractivity contribution is 0.355. The molecule has 8 heteroatoms. The van der Waals surface area contributed by atoms with Gasteiger partial charge in [-0.2, -0.15) is 13.5 Å². The number of H-pyrrole nitrogens is 1. The number of nitrogens with one attached hydrogen (secondary N) is 2. The van der Waals surface area contributed by atoms with Gasteiger partial charge in [-0.25, -0.2) is 0 Å². The highest BCUT2D eigenvalue weighted by molar-refractivity contribution is 7.92. The summed E-state index contributed by atoms with van der Waals surface area (Å²) in [6, 6.07) is 4.64. The zero-order chi connectivity index (χ0) is 14.8. The standard InChI is InChI=1S/C12H15N3O4S/c1-8-6-10(18-2)11(19-3)7-9(8)15-20(16,17)12-4-5-13-14-12/h4-7,15H,1-3H3,(H,13,14). The van der Waals surface area contributed by atoms with Crippen molar-refractivity contribution in [1.82, 2.24) is 10.2 Å². The van der Waals surface area contributed by atoms with Crippen LogP contribution in [0.2, 0.25) is 0 Å². The van der Waals surface area contributed by atoms with E-state index < -0.39 is 10.0 Å². The topological polar surface area (TPSA) is 93.3 Å². The number of hydrogen-bond acceptors (Lipinski definition) is 5. The van der Waals surface area contributed by atoms with E-state index in [-0.39, 0.29) is 5.03 Å². The fraction of sp³-hybridized carbons (Fsp3) is 0.250. The van der Waals surface area contributed by atoms with Crippen LogP contribution >= 0.6 is 0 Å². The van der Waals surface area contributed by atoms with Crippen molar-refractivity contribution in [1.29, 1.82) is 0 Å². The van der Waals surface area contributed by atoms with Crippen LogP contribution in [-0.2, 0) is 10.0 Å². The third-order valence-corrected chi connectivity index (χ3v) is 4.03. The van der Waals surface area contributed by atoms with Crippen molar-refractivity contribution in [2.75, 3.05) is 18.9 Å². The Bertz CT molecular complexity index is 696. The van der Waals surface area contributed by atoms with Crippen molar-refractivity contribution in [2.45, 2.75) is 11.9 Å². The number of aromatic nitrogens is 2. The van der Waals surface area contributed by atoms with Crippen molar-refractivity contribution in [3.05, 3.63) is 30.0 Å². The van der Waals surface area contributed by atoms with Gasteiger partial charge in [0.15, 0.2) is 16.5 Å². The quantitative estimate of drug-likeness (QED) is 0.873. The van der Waals surface area contributed by atoms with Crippen molar-refractivity contribution >= 4 is 15.7 Å². The minimum atomic E-state index is -3.70. The fourth-order valence-electron chi connectivity index (χ4n) is 1.68. The molecule has 1 heterocycles. The molecule has 0 saturated carbocycles. The highest BCUT2D eigenvalue weighted by Gasteiger charge is 2.18. The number of benzene rings is 1. The Morgan fingerprint density at radius 1 is 1.20 bits per heavy atom. The first kappa shape index (κ1) is 14.2. The van der Waals surface area contributed by atoms with Crippen molar-refractivity contribution in [2.24, 2.45) is 0 Å². The summed E-state index contributed by atoms with van der Waals surface area (Å²) in [6.45, 7) is 1.77. The average molecular weight is 297 g/mol. The molecule has 1 aromatic carbocycles. The smallest absolute Gasteiger partial charge is 0.278 e. The molecule has 0 fully saturated rings. The van der Waals surface area contributed by atoms with E-state index in [1.807, 2.05) is 0 Å². The van der Waals surface area contributed by atoms with Gasteiger partial charge >= 0.3 is 0 Å². The summed E-state index contributed by atoms with van der Waals surface area (Å²) in [5.74, 6) is 0.981. The van der Waals surface area contributed by atoms with Crippen LogP contribution in [0, 0.1) is 6.92 Å². The van der Waals surface area contributed by atoms with Gasteiger partial charge < -0.3 is 9.47 Å². The molecule has 2 aromatic rings. The van der Waals surface area contributed by atoms with E-state index in [0.717, 1.165) is 0 Å². The monoisotopic (exact) mass is 297 g/mol. The number of rotatable bonds is 5. The SMILES string of the molecule is COc1cc(C)c(NS(=O)(=O)c2ccn[nH]2)cc1OC. The first-order chi connectivity index (χ1) is 9.47. The summed E-state index contributed by atoms with van der Waals surface area (Å²) in [6.07, 6.45) is 1.37. The van der Waals surface area contributed by atoms with E-state index in [1.54, 1.807) is 19.1 Å². The van der Waals surface area contributed by atoms with Crippen LogP contribution in [0.1, 0.15) is 5.56 Å². The van der Waals surface area contributed by atoms with Gasteiger partial charge in [-0.1, -0.05) is 0 Å². The zero-order valence-corrected chi connectivity index (χ0v) is 12.1. The zero-order valence-electron chi connectivity index (χ0n) is 11.3. The molecule has 0 radical (unpaired) electrons. The molecule has 7 nitrogen and oxygen atoms in total. The molecule has 0 aliphatic rings. The largest absolute Gasteiger partial charge is 0.493 e. The normalized spacial score (nSPS) is 11.2. The average Bonchev–Trinajstić information content (AvgIpc) is 2.95. The van der Waals surface area contributed by atoms with E-state index in [0.29, 0.717) is 22.7 Å². The summed E-state index contributed by atoms with van der Waals surface area (Å²) in [7, 11) is -0.695. The van der Waals surface area contributed by atoms with E-state index in [4.69, 9.17) is 9.47 Å². The van der Waals surface area contributed by atoms with E-state index in [1.165, 1.54) is 26.5 Å². The predicted molar refractivity (Wildman–Crippen MR) is 73.7 cm³/mol. The second-order valence-electron chi connectivity index (χ2n) is 4.05. The molecular weight excluding hydrogens is 282 g/mol. The number of aromatic amines is 1. The number of methoxy groups -OCH3 is 2. The number of nitrogens with zero attached hydrogens (tertiary/aromatic N) is 1. The molecule has 2 rings (SSSR count). The molecule has 0 unspecified atom stereocenters. The number of aryl methyl sites for hydroxylation is 1. The Morgan fingerprint density at radius 3 is 2.40 bits per heavy atom. The summed E-state index contributed by atoms with van der Waals surface area (Å²) in [5, 5.41) is 6.03. The van der Waals surface area contributed by atoms with Crippen LogP contribution in [0.15, 0.2) is 29.4 Å². The highest BCUT2D eigenvalue weighted by atomic mass is 32.2. The van der Waals surface area contributed by atoms with Gasteiger partial charge in [0, 0.05) is 6.07 Å². The Morgan fingerprint density at radius 2 is 1.85 bits per heavy atom. The molecule has 0 aliphatic carbocycles. The molecule has 0 spiro atoms. The van der Waals surface area contributed by atoms with Crippen molar-refractivity contribution in [3.8, 4) is 11.5 Å². The van der Waals surface area contributed by atoms with Crippen LogP contribution in [0.4, 0.5) is 5.69 Å². The number of hydrogen-bond donors (Lipinski definition) is 2. The van der Waals surface area contributed by atoms with Crippen LogP contribution in [-0.4, -0.2) is 32.8 Å². The number of anilines is 1. The van der Waals surface area contributed by atoms with Crippen LogP contribution < -0.4 is 14.2 Å². The molecular formula is C12H15N3O4S. The summed E-state index contributed by atoms with van der Waals surface area (Å²) in [5.41, 5.74) is 1.13. The molecule has 20 heavy (non-hydrogen) atoms. The van der Waals surface area contributed by atoms with Gasteiger partial charge in [-0.3, -0.25) is 9.82 Å². The minimum absolute atomic E-state index is 0.00770. The second-order valence-corrected chi connectivity index (χ2v) is 5.70. The van der Waals surface area contributed by atoms with Crippen LogP contribution in [0.3, 0.4) is 0 Å². The summed E-state index contributed by atoms with van der Waals surface area (Å²) >= 11 is 0. The predicted octanol–water partition coefficient (Wildman–Crippen LogP) is 1.54. The molecule has 0 atom stereocenters. The lowest BCUT2D eigenvalue weighted by Gasteiger charge is -2.14. The molecule has 0 aliphatic heterocycles. The Kier molecular flexibility index (Phi) is 3.84. The first-order valence-corrected chi connectivity index (χ1v) is 7.21. The highest BCUT2D eigenvalue weighted by Crippen LogP contribution is 2.33. The van der Waals surface area contributed by atoms with Gasteiger partial charge in [-0.05, 0) is 24.6 Å². The fourth-order valence-corrected chi connectivity index (χ4v) is 2.72. The maximum Gasteiger partial charge on any atom is 0.278 e. The van der Waals surface area contributed by atoms with Gasteiger partial charge in [0.05, 0.1) is 26.1 Å². The van der Waals surface area contributed by atoms with Crippen molar-refractivity contribution < 1.29 is 17.9 Å². The molecule has 1 aromatic heterocycles. The molecule has 108 valence electrons.